The second kappa shape index (κ2) is 8.41. The van der Waals surface area contributed by atoms with Crippen LogP contribution in [0.15, 0.2) is 72.0 Å². The van der Waals surface area contributed by atoms with Gasteiger partial charge in [-0.2, -0.15) is 0 Å². The van der Waals surface area contributed by atoms with Gasteiger partial charge in [0.15, 0.2) is 5.43 Å². The molecular formula is C23H23NO3. The van der Waals surface area contributed by atoms with Crippen LogP contribution in [-0.4, -0.2) is 12.1 Å². The Hall–Kier alpha value is -3.27. The summed E-state index contributed by atoms with van der Waals surface area (Å²) < 4.78 is 11.1. The van der Waals surface area contributed by atoms with Crippen molar-refractivity contribution in [1.82, 2.24) is 4.98 Å². The molecule has 0 aliphatic rings. The number of hydrogen-bond acceptors (Lipinski definition) is 3. The van der Waals surface area contributed by atoms with Gasteiger partial charge in [0, 0.05) is 18.2 Å². The van der Waals surface area contributed by atoms with Gasteiger partial charge in [-0.25, -0.2) is 0 Å². The Kier molecular flexibility index (Phi) is 5.77. The summed E-state index contributed by atoms with van der Waals surface area (Å²) in [4.78, 5) is 15.9. The van der Waals surface area contributed by atoms with Crippen LogP contribution in [0.1, 0.15) is 29.3 Å². The number of rotatable bonds is 7. The minimum Gasteiger partial charge on any atom is -0.497 e. The largest absolute Gasteiger partial charge is 0.497 e. The predicted octanol–water partition coefficient (Wildman–Crippen LogP) is 4.59. The Morgan fingerprint density at radius 1 is 1.04 bits per heavy atom. The number of H-pyrrole nitrogens is 1. The second-order valence-electron chi connectivity index (χ2n) is 6.44. The van der Waals surface area contributed by atoms with Gasteiger partial charge in [0.05, 0.1) is 12.7 Å². The molecule has 0 aliphatic heterocycles. The van der Waals surface area contributed by atoms with Gasteiger partial charge in [-0.15, -0.1) is 0 Å². The zero-order valence-corrected chi connectivity index (χ0v) is 15.6. The highest BCUT2D eigenvalue weighted by Crippen LogP contribution is 2.22. The fourth-order valence-corrected chi connectivity index (χ4v) is 2.89. The van der Waals surface area contributed by atoms with Crippen molar-refractivity contribution >= 4 is 5.57 Å². The van der Waals surface area contributed by atoms with Crippen molar-refractivity contribution in [3.63, 3.8) is 0 Å². The Balaban J connectivity index is 1.87. The van der Waals surface area contributed by atoms with E-state index in [1.165, 1.54) is 0 Å². The van der Waals surface area contributed by atoms with Crippen LogP contribution in [0.5, 0.6) is 11.6 Å². The van der Waals surface area contributed by atoms with Crippen molar-refractivity contribution in [3.05, 3.63) is 99.9 Å². The Morgan fingerprint density at radius 3 is 2.37 bits per heavy atom. The molecule has 1 N–H and O–H groups in total. The SMILES string of the molecule is C=C(C)c1c(OCc2ccccc2)[nH]c(Cc2ccc(OC)cc2)cc1=O. The molecule has 1 heterocycles. The lowest BCUT2D eigenvalue weighted by Crippen LogP contribution is -2.13. The first-order valence-corrected chi connectivity index (χ1v) is 8.78. The first kappa shape index (κ1) is 18.5. The van der Waals surface area contributed by atoms with Crippen LogP contribution in [0.3, 0.4) is 0 Å². The second-order valence-corrected chi connectivity index (χ2v) is 6.44. The van der Waals surface area contributed by atoms with E-state index in [0.717, 1.165) is 22.6 Å². The Morgan fingerprint density at radius 2 is 1.74 bits per heavy atom. The molecule has 0 atom stereocenters. The lowest BCUT2D eigenvalue weighted by molar-refractivity contribution is 0.292. The maximum Gasteiger partial charge on any atom is 0.203 e. The van der Waals surface area contributed by atoms with Crippen molar-refractivity contribution in [2.75, 3.05) is 7.11 Å². The van der Waals surface area contributed by atoms with Crippen LogP contribution in [0.25, 0.3) is 5.57 Å². The van der Waals surface area contributed by atoms with Gasteiger partial charge in [0.1, 0.15) is 12.4 Å². The molecule has 4 nitrogen and oxygen atoms in total. The third-order valence-electron chi connectivity index (χ3n) is 4.26. The molecule has 0 bridgehead atoms. The number of hydrogen-bond donors (Lipinski definition) is 1. The summed E-state index contributed by atoms with van der Waals surface area (Å²) in [5.41, 5.74) is 3.97. The third-order valence-corrected chi connectivity index (χ3v) is 4.26. The number of benzene rings is 2. The molecular weight excluding hydrogens is 338 g/mol. The highest BCUT2D eigenvalue weighted by Gasteiger charge is 2.13. The molecule has 2 aromatic carbocycles. The van der Waals surface area contributed by atoms with Crippen LogP contribution in [-0.2, 0) is 13.0 Å². The number of allylic oxidation sites excluding steroid dienone is 1. The van der Waals surface area contributed by atoms with E-state index in [0.29, 0.717) is 30.0 Å². The first-order chi connectivity index (χ1) is 13.1. The number of nitrogens with one attached hydrogen (secondary N) is 1. The van der Waals surface area contributed by atoms with Crippen LogP contribution < -0.4 is 14.9 Å². The maximum atomic E-state index is 12.6. The smallest absolute Gasteiger partial charge is 0.203 e. The Labute approximate surface area is 159 Å². The van der Waals surface area contributed by atoms with Gasteiger partial charge < -0.3 is 14.5 Å². The molecule has 3 aromatic rings. The fraction of sp³-hybridized carbons (Fsp3) is 0.174. The number of ether oxygens (including phenoxy) is 2. The third kappa shape index (κ3) is 4.67. The normalized spacial score (nSPS) is 10.4. The summed E-state index contributed by atoms with van der Waals surface area (Å²) >= 11 is 0. The summed E-state index contributed by atoms with van der Waals surface area (Å²) in [6.45, 7) is 6.11. The molecule has 0 radical (unpaired) electrons. The summed E-state index contributed by atoms with van der Waals surface area (Å²) in [6, 6.07) is 19.2. The minimum absolute atomic E-state index is 0.0900. The molecule has 1 aromatic heterocycles. The van der Waals surface area contributed by atoms with Gasteiger partial charge in [-0.1, -0.05) is 49.0 Å². The van der Waals surface area contributed by atoms with E-state index in [-0.39, 0.29) is 5.43 Å². The molecule has 0 spiro atoms. The standard InChI is InChI=1S/C23H23NO3/c1-16(2)22-21(25)14-19(13-17-9-11-20(26-3)12-10-17)24-23(22)27-15-18-7-5-4-6-8-18/h4-12,14H,1,13,15H2,2-3H3,(H,24,25). The van der Waals surface area contributed by atoms with Gasteiger partial charge in [0.25, 0.3) is 0 Å². The summed E-state index contributed by atoms with van der Waals surface area (Å²) in [5.74, 6) is 1.26. The van der Waals surface area contributed by atoms with E-state index in [1.807, 2.05) is 61.5 Å². The predicted molar refractivity (Wildman–Crippen MR) is 108 cm³/mol. The van der Waals surface area contributed by atoms with Crippen LogP contribution >= 0.6 is 0 Å². The maximum absolute atomic E-state index is 12.6. The van der Waals surface area contributed by atoms with Gasteiger partial charge in [-0.05, 0) is 35.8 Å². The van der Waals surface area contributed by atoms with E-state index < -0.39 is 0 Å². The van der Waals surface area contributed by atoms with E-state index in [9.17, 15) is 4.79 Å². The van der Waals surface area contributed by atoms with E-state index in [2.05, 4.69) is 11.6 Å². The molecule has 0 saturated heterocycles. The summed E-state index contributed by atoms with van der Waals surface area (Å²) in [5, 5.41) is 0. The number of pyridine rings is 1. The highest BCUT2D eigenvalue weighted by atomic mass is 16.5. The number of aromatic amines is 1. The molecule has 0 fully saturated rings. The van der Waals surface area contributed by atoms with Gasteiger partial charge in [0.2, 0.25) is 5.88 Å². The molecule has 0 amide bonds. The highest BCUT2D eigenvalue weighted by molar-refractivity contribution is 5.65. The lowest BCUT2D eigenvalue weighted by atomic mass is 10.1. The average Bonchev–Trinajstić information content (AvgIpc) is 2.67. The van der Waals surface area contributed by atoms with Crippen LogP contribution in [0, 0.1) is 0 Å². The van der Waals surface area contributed by atoms with Crippen molar-refractivity contribution < 1.29 is 9.47 Å². The zero-order chi connectivity index (χ0) is 19.2. The fourth-order valence-electron chi connectivity index (χ4n) is 2.89. The topological polar surface area (TPSA) is 51.3 Å². The van der Waals surface area contributed by atoms with Crippen LogP contribution in [0.4, 0.5) is 0 Å². The monoisotopic (exact) mass is 361 g/mol. The van der Waals surface area contributed by atoms with Gasteiger partial charge >= 0.3 is 0 Å². The van der Waals surface area contributed by atoms with Crippen molar-refractivity contribution in [2.24, 2.45) is 0 Å². The first-order valence-electron chi connectivity index (χ1n) is 8.78. The molecule has 0 aliphatic carbocycles. The molecule has 3 rings (SSSR count). The minimum atomic E-state index is -0.0900. The van der Waals surface area contributed by atoms with Crippen molar-refractivity contribution in [3.8, 4) is 11.6 Å². The van der Waals surface area contributed by atoms with Gasteiger partial charge in [-0.3, -0.25) is 4.79 Å². The molecule has 0 saturated carbocycles. The number of aromatic nitrogens is 1. The molecule has 4 heteroatoms. The molecule has 138 valence electrons. The summed E-state index contributed by atoms with van der Waals surface area (Å²) in [6.07, 6.45) is 0.595. The molecule has 27 heavy (non-hydrogen) atoms. The average molecular weight is 361 g/mol. The molecule has 0 unspecified atom stereocenters. The number of methoxy groups -OCH3 is 1. The van der Waals surface area contributed by atoms with Crippen molar-refractivity contribution in [1.29, 1.82) is 0 Å². The quantitative estimate of drug-likeness (QED) is 0.670. The van der Waals surface area contributed by atoms with Crippen LogP contribution in [0.2, 0.25) is 0 Å². The van der Waals surface area contributed by atoms with E-state index in [4.69, 9.17) is 9.47 Å². The van der Waals surface area contributed by atoms with E-state index >= 15 is 0 Å². The summed E-state index contributed by atoms with van der Waals surface area (Å²) in [7, 11) is 1.64. The van der Waals surface area contributed by atoms with E-state index in [1.54, 1.807) is 13.2 Å². The van der Waals surface area contributed by atoms with Crippen molar-refractivity contribution in [2.45, 2.75) is 20.0 Å². The zero-order valence-electron chi connectivity index (χ0n) is 15.6. The lowest BCUT2D eigenvalue weighted by Gasteiger charge is -2.13. The Bertz CT molecular complexity index is 973.